The van der Waals surface area contributed by atoms with Crippen molar-refractivity contribution >= 4 is 0 Å². The highest BCUT2D eigenvalue weighted by atomic mass is 16.1. The van der Waals surface area contributed by atoms with Gasteiger partial charge in [0.05, 0.1) is 23.4 Å². The van der Waals surface area contributed by atoms with Gasteiger partial charge in [0.2, 0.25) is 0 Å². The molecule has 1 aliphatic rings. The molecule has 0 amide bonds. The maximum absolute atomic E-state index is 12.5. The first-order valence-electron chi connectivity index (χ1n) is 7.79. The number of nitrogens with zero attached hydrogens (tertiary/aromatic N) is 5. The molecule has 0 saturated heterocycles. The molecule has 0 atom stereocenters. The lowest BCUT2D eigenvalue weighted by molar-refractivity contribution is 0.236. The van der Waals surface area contributed by atoms with E-state index in [0.717, 1.165) is 35.7 Å². The summed E-state index contributed by atoms with van der Waals surface area (Å²) in [5.41, 5.74) is 3.23. The summed E-state index contributed by atoms with van der Waals surface area (Å²) in [6.07, 6.45) is 7.29. The summed E-state index contributed by atoms with van der Waals surface area (Å²) in [7, 11) is 0. The molecule has 8 heteroatoms. The minimum absolute atomic E-state index is 0.0980. The molecular formula is C16H17N7O. The Morgan fingerprint density at radius 1 is 1.21 bits per heavy atom. The summed E-state index contributed by atoms with van der Waals surface area (Å²) >= 11 is 0. The number of hydrogen-bond acceptors (Lipinski definition) is 6. The van der Waals surface area contributed by atoms with Gasteiger partial charge in [0.15, 0.2) is 0 Å². The highest BCUT2D eigenvalue weighted by molar-refractivity contribution is 5.52. The summed E-state index contributed by atoms with van der Waals surface area (Å²) in [5, 5.41) is 0. The van der Waals surface area contributed by atoms with Crippen LogP contribution in [0.2, 0.25) is 0 Å². The van der Waals surface area contributed by atoms with Gasteiger partial charge < -0.3 is 9.97 Å². The lowest BCUT2D eigenvalue weighted by atomic mass is 10.1. The smallest absolute Gasteiger partial charge is 0.255 e. The van der Waals surface area contributed by atoms with Crippen molar-refractivity contribution in [3.8, 4) is 11.4 Å². The van der Waals surface area contributed by atoms with Crippen LogP contribution >= 0.6 is 0 Å². The Labute approximate surface area is 138 Å². The van der Waals surface area contributed by atoms with Crippen LogP contribution < -0.4 is 5.56 Å². The first kappa shape index (κ1) is 14.7. The zero-order valence-electron chi connectivity index (χ0n) is 13.3. The van der Waals surface area contributed by atoms with Crippen LogP contribution in [0.5, 0.6) is 0 Å². The summed E-state index contributed by atoms with van der Waals surface area (Å²) < 4.78 is 0. The molecular weight excluding hydrogens is 306 g/mol. The third-order valence-corrected chi connectivity index (χ3v) is 4.11. The Morgan fingerprint density at radius 2 is 2.04 bits per heavy atom. The number of aryl methyl sites for hydroxylation is 1. The maximum Gasteiger partial charge on any atom is 0.255 e. The highest BCUT2D eigenvalue weighted by Gasteiger charge is 2.22. The average Bonchev–Trinajstić information content (AvgIpc) is 3.01. The van der Waals surface area contributed by atoms with Gasteiger partial charge in [-0.3, -0.25) is 9.69 Å². The molecule has 0 aromatic carbocycles. The van der Waals surface area contributed by atoms with Crippen LogP contribution in [0.1, 0.15) is 22.8 Å². The first-order valence-corrected chi connectivity index (χ1v) is 7.79. The van der Waals surface area contributed by atoms with E-state index in [0.29, 0.717) is 24.5 Å². The molecule has 0 unspecified atom stereocenters. The Bertz CT molecular complexity index is 916. The maximum atomic E-state index is 12.5. The molecule has 4 rings (SSSR count). The highest BCUT2D eigenvalue weighted by Crippen LogP contribution is 2.18. The van der Waals surface area contributed by atoms with Crippen molar-refractivity contribution in [2.45, 2.75) is 26.4 Å². The van der Waals surface area contributed by atoms with Crippen LogP contribution in [0.4, 0.5) is 0 Å². The second-order valence-corrected chi connectivity index (χ2v) is 5.94. The predicted octanol–water partition coefficient (Wildman–Crippen LogP) is 0.817. The molecule has 122 valence electrons. The van der Waals surface area contributed by atoms with E-state index in [1.807, 2.05) is 13.1 Å². The van der Waals surface area contributed by atoms with Crippen molar-refractivity contribution in [3.63, 3.8) is 0 Å². The van der Waals surface area contributed by atoms with Crippen molar-refractivity contribution in [1.29, 1.82) is 0 Å². The van der Waals surface area contributed by atoms with Gasteiger partial charge in [0.1, 0.15) is 18.0 Å². The number of rotatable bonds is 3. The molecule has 1 aliphatic heterocycles. The number of H-pyrrole nitrogens is 2. The van der Waals surface area contributed by atoms with Gasteiger partial charge in [-0.1, -0.05) is 0 Å². The van der Waals surface area contributed by atoms with Crippen LogP contribution in [0.25, 0.3) is 11.4 Å². The first-order chi connectivity index (χ1) is 11.7. The Balaban J connectivity index is 1.59. The lowest BCUT2D eigenvalue weighted by Gasteiger charge is -2.26. The molecule has 0 aliphatic carbocycles. The standard InChI is InChI=1S/C16H17N7O/c1-10-4-19-14(20-10)8-23-3-2-13-12(7-23)16(24)22-15(21-13)11-5-17-9-18-6-11/h4-6,9H,2-3,7-8H2,1H3,(H,19,20)(H,21,22,24). The van der Waals surface area contributed by atoms with Crippen molar-refractivity contribution < 1.29 is 0 Å². The summed E-state index contributed by atoms with van der Waals surface area (Å²) in [5.74, 6) is 1.44. The lowest BCUT2D eigenvalue weighted by Crippen LogP contribution is -2.35. The number of aromatic nitrogens is 6. The van der Waals surface area contributed by atoms with Gasteiger partial charge >= 0.3 is 0 Å². The number of nitrogens with one attached hydrogen (secondary N) is 2. The molecule has 0 fully saturated rings. The fourth-order valence-corrected chi connectivity index (χ4v) is 2.93. The largest absolute Gasteiger partial charge is 0.345 e. The van der Waals surface area contributed by atoms with Gasteiger partial charge in [-0.15, -0.1) is 0 Å². The zero-order valence-corrected chi connectivity index (χ0v) is 13.3. The minimum atomic E-state index is -0.0980. The normalized spacial score (nSPS) is 14.5. The second kappa shape index (κ2) is 5.97. The SMILES string of the molecule is Cc1cnc(CN2CCc3nc(-c4cncnc4)[nH]c(=O)c3C2)[nH]1. The summed E-state index contributed by atoms with van der Waals surface area (Å²) in [4.78, 5) is 37.6. The van der Waals surface area contributed by atoms with Gasteiger partial charge in [-0.05, 0) is 6.92 Å². The topological polar surface area (TPSA) is 103 Å². The third-order valence-electron chi connectivity index (χ3n) is 4.11. The molecule has 2 N–H and O–H groups in total. The van der Waals surface area contributed by atoms with Gasteiger partial charge in [0, 0.05) is 43.8 Å². The fourth-order valence-electron chi connectivity index (χ4n) is 2.93. The molecule has 0 spiro atoms. The van der Waals surface area contributed by atoms with E-state index in [1.165, 1.54) is 6.33 Å². The predicted molar refractivity (Wildman–Crippen MR) is 87.0 cm³/mol. The van der Waals surface area contributed by atoms with Crippen molar-refractivity contribution in [2.24, 2.45) is 0 Å². The van der Waals surface area contributed by atoms with Crippen molar-refractivity contribution in [1.82, 2.24) is 34.8 Å². The molecule has 3 aromatic rings. The fraction of sp³-hybridized carbons (Fsp3) is 0.312. The van der Waals surface area contributed by atoms with Crippen LogP contribution in [0, 0.1) is 6.92 Å². The van der Waals surface area contributed by atoms with Crippen molar-refractivity contribution in [2.75, 3.05) is 6.54 Å². The second-order valence-electron chi connectivity index (χ2n) is 5.94. The van der Waals surface area contributed by atoms with Gasteiger partial charge in [-0.25, -0.2) is 19.9 Å². The Kier molecular flexibility index (Phi) is 3.66. The summed E-state index contributed by atoms with van der Waals surface area (Å²) in [6.45, 7) is 4.09. The van der Waals surface area contributed by atoms with Crippen LogP contribution in [0.3, 0.4) is 0 Å². The minimum Gasteiger partial charge on any atom is -0.345 e. The van der Waals surface area contributed by atoms with E-state index in [-0.39, 0.29) is 5.56 Å². The molecule has 0 saturated carbocycles. The van der Waals surface area contributed by atoms with Crippen LogP contribution in [-0.4, -0.2) is 41.3 Å². The van der Waals surface area contributed by atoms with E-state index in [2.05, 4.69) is 34.8 Å². The molecule has 24 heavy (non-hydrogen) atoms. The van der Waals surface area contributed by atoms with Crippen molar-refractivity contribution in [3.05, 3.63) is 58.0 Å². The van der Waals surface area contributed by atoms with E-state index in [4.69, 9.17) is 0 Å². The summed E-state index contributed by atoms with van der Waals surface area (Å²) in [6, 6.07) is 0. The Hall–Kier alpha value is -2.87. The zero-order chi connectivity index (χ0) is 16.5. The monoisotopic (exact) mass is 323 g/mol. The molecule has 8 nitrogen and oxygen atoms in total. The van der Waals surface area contributed by atoms with Crippen LogP contribution in [-0.2, 0) is 19.5 Å². The molecule has 0 bridgehead atoms. The molecule has 4 heterocycles. The number of fused-ring (bicyclic) bond motifs is 1. The average molecular weight is 323 g/mol. The van der Waals surface area contributed by atoms with E-state index >= 15 is 0 Å². The van der Waals surface area contributed by atoms with Crippen LogP contribution in [0.15, 0.2) is 29.7 Å². The number of hydrogen-bond donors (Lipinski definition) is 2. The van der Waals surface area contributed by atoms with E-state index in [1.54, 1.807) is 12.4 Å². The third kappa shape index (κ3) is 2.83. The number of aromatic amines is 2. The van der Waals surface area contributed by atoms with E-state index in [9.17, 15) is 4.79 Å². The molecule has 3 aromatic heterocycles. The van der Waals surface area contributed by atoms with Gasteiger partial charge in [-0.2, -0.15) is 0 Å². The molecule has 0 radical (unpaired) electrons. The van der Waals surface area contributed by atoms with Gasteiger partial charge in [0.25, 0.3) is 5.56 Å². The quantitative estimate of drug-likeness (QED) is 0.739. The Morgan fingerprint density at radius 3 is 2.79 bits per heavy atom. The van der Waals surface area contributed by atoms with E-state index < -0.39 is 0 Å². The number of imidazole rings is 1.